The number of nitrogens with one attached hydrogen (secondary N) is 3. The van der Waals surface area contributed by atoms with Gasteiger partial charge < -0.3 is 16.0 Å². The maximum atomic E-state index is 11.8. The van der Waals surface area contributed by atoms with E-state index in [0.717, 1.165) is 37.1 Å². The Kier molecular flexibility index (Phi) is 10.6. The summed E-state index contributed by atoms with van der Waals surface area (Å²) in [4.78, 5) is 27.2. The van der Waals surface area contributed by atoms with Gasteiger partial charge in [-0.15, -0.1) is 23.7 Å². The Hall–Kier alpha value is -1.96. The molecule has 148 valence electrons. The van der Waals surface area contributed by atoms with Crippen LogP contribution in [0.1, 0.15) is 31.7 Å². The van der Waals surface area contributed by atoms with Gasteiger partial charge >= 0.3 is 0 Å². The molecule has 0 radical (unpaired) electrons. The summed E-state index contributed by atoms with van der Waals surface area (Å²) < 4.78 is 0. The highest BCUT2D eigenvalue weighted by atomic mass is 35.5. The van der Waals surface area contributed by atoms with E-state index >= 15 is 0 Å². The molecule has 1 heterocycles. The Balaban J connectivity index is 0.00000364. The molecule has 1 aromatic heterocycles. The van der Waals surface area contributed by atoms with Crippen LogP contribution in [-0.2, 0) is 16.0 Å². The number of carbonyl (C=O) groups excluding carboxylic acids is 2. The maximum Gasteiger partial charge on any atom is 0.226 e. The summed E-state index contributed by atoms with van der Waals surface area (Å²) in [5.74, 6) is 0.00414. The van der Waals surface area contributed by atoms with Crippen molar-refractivity contribution >= 4 is 40.7 Å². The smallest absolute Gasteiger partial charge is 0.226 e. The van der Waals surface area contributed by atoms with Crippen molar-refractivity contribution < 1.29 is 9.59 Å². The van der Waals surface area contributed by atoms with Crippen molar-refractivity contribution in [2.24, 2.45) is 0 Å². The Morgan fingerprint density at radius 2 is 1.85 bits per heavy atom. The van der Waals surface area contributed by atoms with Crippen LogP contribution >= 0.6 is 23.7 Å². The molecule has 0 fully saturated rings. The van der Waals surface area contributed by atoms with E-state index < -0.39 is 0 Å². The van der Waals surface area contributed by atoms with Gasteiger partial charge in [-0.2, -0.15) is 0 Å². The zero-order valence-corrected chi connectivity index (χ0v) is 17.3. The quantitative estimate of drug-likeness (QED) is 0.525. The van der Waals surface area contributed by atoms with E-state index in [-0.39, 0.29) is 24.2 Å². The van der Waals surface area contributed by atoms with Crippen LogP contribution in [0.3, 0.4) is 0 Å². The lowest BCUT2D eigenvalue weighted by Gasteiger charge is -2.04. The van der Waals surface area contributed by atoms with E-state index in [9.17, 15) is 9.59 Å². The van der Waals surface area contributed by atoms with Gasteiger partial charge in [-0.1, -0.05) is 24.3 Å². The largest absolute Gasteiger partial charge is 0.356 e. The molecule has 0 atom stereocenters. The number of hydrogen-bond donors (Lipinski definition) is 3. The number of benzene rings is 1. The van der Waals surface area contributed by atoms with Crippen molar-refractivity contribution in [3.05, 3.63) is 35.2 Å². The first-order valence-corrected chi connectivity index (χ1v) is 9.70. The molecule has 2 aromatic rings. The minimum atomic E-state index is -0.00401. The normalized spacial score (nSPS) is 10.1. The third kappa shape index (κ3) is 8.51. The van der Waals surface area contributed by atoms with E-state index in [2.05, 4.69) is 33.1 Å². The van der Waals surface area contributed by atoms with E-state index in [0.29, 0.717) is 18.1 Å². The van der Waals surface area contributed by atoms with Crippen molar-refractivity contribution in [2.45, 2.75) is 32.6 Å². The Morgan fingerprint density at radius 3 is 2.52 bits per heavy atom. The molecule has 0 saturated carbocycles. The number of nitrogens with zero attached hydrogens (tertiary/aromatic N) is 1. The van der Waals surface area contributed by atoms with Crippen LogP contribution in [0, 0.1) is 0 Å². The molecule has 1 aromatic carbocycles. The topological polar surface area (TPSA) is 83.1 Å². The summed E-state index contributed by atoms with van der Waals surface area (Å²) in [5, 5.41) is 11.3. The second kappa shape index (κ2) is 12.4. The van der Waals surface area contributed by atoms with Gasteiger partial charge in [0.05, 0.1) is 5.69 Å². The zero-order chi connectivity index (χ0) is 18.8. The van der Waals surface area contributed by atoms with E-state index in [1.807, 2.05) is 24.6 Å². The summed E-state index contributed by atoms with van der Waals surface area (Å²) in [6.07, 6.45) is 3.14. The van der Waals surface area contributed by atoms with Gasteiger partial charge in [0, 0.05) is 30.8 Å². The number of thiazole rings is 1. The second-order valence-corrected chi connectivity index (χ2v) is 6.93. The summed E-state index contributed by atoms with van der Waals surface area (Å²) in [6, 6.07) is 8.25. The van der Waals surface area contributed by atoms with E-state index in [1.54, 1.807) is 0 Å². The molecule has 0 unspecified atom stereocenters. The van der Waals surface area contributed by atoms with Gasteiger partial charge in [-0.25, -0.2) is 4.98 Å². The number of anilines is 1. The fourth-order valence-electron chi connectivity index (χ4n) is 2.47. The highest BCUT2D eigenvalue weighted by Crippen LogP contribution is 2.25. The molecule has 8 heteroatoms. The van der Waals surface area contributed by atoms with Crippen LogP contribution in [0.25, 0.3) is 11.3 Å². The predicted octanol–water partition coefficient (Wildman–Crippen LogP) is 3.24. The summed E-state index contributed by atoms with van der Waals surface area (Å²) in [5.41, 5.74) is 3.13. The first-order valence-electron chi connectivity index (χ1n) is 8.82. The van der Waals surface area contributed by atoms with Crippen molar-refractivity contribution in [1.82, 2.24) is 15.6 Å². The van der Waals surface area contributed by atoms with Gasteiger partial charge in [0.1, 0.15) is 0 Å². The fraction of sp³-hybridized carbons (Fsp3) is 0.421. The molecule has 6 nitrogen and oxygen atoms in total. The van der Waals surface area contributed by atoms with Gasteiger partial charge in [-0.3, -0.25) is 9.59 Å². The van der Waals surface area contributed by atoms with Gasteiger partial charge in [0.2, 0.25) is 11.8 Å². The molecule has 0 spiro atoms. The second-order valence-electron chi connectivity index (χ2n) is 6.08. The molecule has 0 aliphatic heterocycles. The zero-order valence-electron chi connectivity index (χ0n) is 15.7. The van der Waals surface area contributed by atoms with Gasteiger partial charge in [-0.05, 0) is 38.4 Å². The number of rotatable bonds is 10. The van der Waals surface area contributed by atoms with Gasteiger partial charge in [0.15, 0.2) is 5.13 Å². The average molecular weight is 411 g/mol. The molecular formula is C19H27ClN4O2S. The summed E-state index contributed by atoms with van der Waals surface area (Å²) >= 11 is 1.44. The molecule has 2 amide bonds. The molecule has 3 N–H and O–H groups in total. The lowest BCUT2D eigenvalue weighted by atomic mass is 10.1. The maximum absolute atomic E-state index is 11.8. The highest BCUT2D eigenvalue weighted by Gasteiger charge is 2.08. The van der Waals surface area contributed by atoms with Crippen LogP contribution in [0.2, 0.25) is 0 Å². The number of hydrogen-bond acceptors (Lipinski definition) is 5. The first-order chi connectivity index (χ1) is 12.6. The molecular weight excluding hydrogens is 384 g/mol. The van der Waals surface area contributed by atoms with Crippen molar-refractivity contribution in [1.29, 1.82) is 0 Å². The third-order valence-electron chi connectivity index (χ3n) is 3.85. The Bertz CT molecular complexity index is 719. The molecule has 27 heavy (non-hydrogen) atoms. The minimum absolute atomic E-state index is 0. The Morgan fingerprint density at radius 1 is 1.11 bits per heavy atom. The molecule has 2 rings (SSSR count). The minimum Gasteiger partial charge on any atom is -0.356 e. The highest BCUT2D eigenvalue weighted by molar-refractivity contribution is 7.14. The van der Waals surface area contributed by atoms with E-state index in [4.69, 9.17) is 0 Å². The lowest BCUT2D eigenvalue weighted by molar-refractivity contribution is -0.119. The van der Waals surface area contributed by atoms with Crippen molar-refractivity contribution in [3.8, 4) is 11.3 Å². The molecule has 0 aliphatic rings. The monoisotopic (exact) mass is 410 g/mol. The van der Waals surface area contributed by atoms with E-state index in [1.165, 1.54) is 23.8 Å². The molecule has 0 aliphatic carbocycles. The summed E-state index contributed by atoms with van der Waals surface area (Å²) in [6.45, 7) is 3.05. The van der Waals surface area contributed by atoms with Crippen molar-refractivity contribution in [3.63, 3.8) is 0 Å². The van der Waals surface area contributed by atoms with Gasteiger partial charge in [0.25, 0.3) is 0 Å². The molecule has 0 bridgehead atoms. The fourth-order valence-corrected chi connectivity index (χ4v) is 3.21. The van der Waals surface area contributed by atoms with Crippen LogP contribution < -0.4 is 16.0 Å². The van der Waals surface area contributed by atoms with Crippen LogP contribution in [-0.4, -0.2) is 36.9 Å². The first kappa shape index (κ1) is 23.1. The summed E-state index contributed by atoms with van der Waals surface area (Å²) in [7, 11) is 1.87. The third-order valence-corrected chi connectivity index (χ3v) is 4.60. The van der Waals surface area contributed by atoms with Crippen molar-refractivity contribution in [2.75, 3.05) is 25.5 Å². The predicted molar refractivity (Wildman–Crippen MR) is 114 cm³/mol. The number of halogens is 1. The van der Waals surface area contributed by atoms with Crippen LogP contribution in [0.15, 0.2) is 29.6 Å². The number of carbonyl (C=O) groups is 2. The number of amides is 2. The Labute approximate surface area is 170 Å². The van der Waals surface area contributed by atoms with Crippen LogP contribution in [0.5, 0.6) is 0 Å². The standard InChI is InChI=1S/C19H26N4O2S.ClH/c1-14(24)21-12-3-5-15-7-9-16(10-8-15)17-13-26-19(22-17)23-18(25)6-4-11-20-2;/h7-10,13,20H,3-6,11-12H2,1-2H3,(H,21,24)(H,22,23,25);1H. The SMILES string of the molecule is CNCCCC(=O)Nc1nc(-c2ccc(CCCNC(C)=O)cc2)cs1.Cl. The molecule has 0 saturated heterocycles. The number of aromatic nitrogens is 1. The van der Waals surface area contributed by atoms with Crippen LogP contribution in [0.4, 0.5) is 5.13 Å². The lowest BCUT2D eigenvalue weighted by Crippen LogP contribution is -2.21. The average Bonchev–Trinajstić information content (AvgIpc) is 3.08. The number of aryl methyl sites for hydroxylation is 1.